The molecule has 0 aliphatic heterocycles. The maximum Gasteiger partial charge on any atom is 0.322 e. The molecule has 0 aromatic carbocycles. The average molecular weight is 240 g/mol. The summed E-state index contributed by atoms with van der Waals surface area (Å²) >= 11 is 0. The molecule has 92 valence electrons. The summed E-state index contributed by atoms with van der Waals surface area (Å²) in [6.07, 6.45) is 0. The van der Waals surface area contributed by atoms with Gasteiger partial charge in [0.05, 0.1) is 6.54 Å². The lowest BCUT2D eigenvalue weighted by molar-refractivity contribution is -0.137. The summed E-state index contributed by atoms with van der Waals surface area (Å²) in [5, 5.41) is 12.7. The number of carboxylic acids is 1. The van der Waals surface area contributed by atoms with Crippen LogP contribution < -0.4 is 10.6 Å². The van der Waals surface area contributed by atoms with Crippen LogP contribution in [0.4, 0.5) is 0 Å². The van der Waals surface area contributed by atoms with Gasteiger partial charge in [-0.15, -0.1) is 0 Å². The highest BCUT2D eigenvalue weighted by Gasteiger charge is 2.11. The Morgan fingerprint density at radius 3 is 2.47 bits per heavy atom. The molecule has 1 aromatic heterocycles. The van der Waals surface area contributed by atoms with E-state index in [2.05, 4.69) is 10.6 Å². The Morgan fingerprint density at radius 2 is 1.94 bits per heavy atom. The highest BCUT2D eigenvalue weighted by atomic mass is 16.4. The summed E-state index contributed by atoms with van der Waals surface area (Å²) in [7, 11) is 0. The zero-order chi connectivity index (χ0) is 12.8. The lowest BCUT2D eigenvalue weighted by atomic mass is 10.4. The number of rotatable bonds is 5. The smallest absolute Gasteiger partial charge is 0.322 e. The second-order valence-electron chi connectivity index (χ2n) is 3.26. The second-order valence-corrected chi connectivity index (χ2v) is 3.26. The summed E-state index contributed by atoms with van der Waals surface area (Å²) in [6.45, 7) is 0.913. The minimum Gasteiger partial charge on any atom is -0.480 e. The van der Waals surface area contributed by atoms with E-state index in [0.29, 0.717) is 5.76 Å². The quantitative estimate of drug-likeness (QED) is 0.644. The largest absolute Gasteiger partial charge is 0.480 e. The van der Waals surface area contributed by atoms with Crippen molar-refractivity contribution < 1.29 is 23.9 Å². The van der Waals surface area contributed by atoms with E-state index in [9.17, 15) is 14.4 Å². The van der Waals surface area contributed by atoms with Crippen LogP contribution in [0.15, 0.2) is 16.5 Å². The highest BCUT2D eigenvalue weighted by Crippen LogP contribution is 2.05. The van der Waals surface area contributed by atoms with E-state index in [0.717, 1.165) is 0 Å². The third-order valence-corrected chi connectivity index (χ3v) is 1.81. The van der Waals surface area contributed by atoms with E-state index in [4.69, 9.17) is 9.52 Å². The molecule has 0 unspecified atom stereocenters. The molecule has 0 bridgehead atoms. The third kappa shape index (κ3) is 4.37. The Labute approximate surface area is 96.8 Å². The van der Waals surface area contributed by atoms with Gasteiger partial charge in [0.15, 0.2) is 5.76 Å². The normalized spacial score (nSPS) is 9.71. The zero-order valence-electron chi connectivity index (χ0n) is 9.15. The van der Waals surface area contributed by atoms with Gasteiger partial charge in [-0.1, -0.05) is 0 Å². The van der Waals surface area contributed by atoms with Gasteiger partial charge in [0.1, 0.15) is 12.3 Å². The van der Waals surface area contributed by atoms with Crippen LogP contribution in [0.1, 0.15) is 16.3 Å². The third-order valence-electron chi connectivity index (χ3n) is 1.81. The summed E-state index contributed by atoms with van der Waals surface area (Å²) in [6, 6.07) is 3.11. The van der Waals surface area contributed by atoms with E-state index >= 15 is 0 Å². The molecule has 7 heteroatoms. The molecule has 0 spiro atoms. The highest BCUT2D eigenvalue weighted by molar-refractivity contribution is 5.94. The van der Waals surface area contributed by atoms with E-state index in [-0.39, 0.29) is 12.3 Å². The Balaban J connectivity index is 2.33. The van der Waals surface area contributed by atoms with E-state index in [1.54, 1.807) is 13.0 Å². The van der Waals surface area contributed by atoms with Gasteiger partial charge in [-0.25, -0.2) is 0 Å². The van der Waals surface area contributed by atoms with Gasteiger partial charge in [0, 0.05) is 0 Å². The van der Waals surface area contributed by atoms with Crippen LogP contribution in [0.5, 0.6) is 0 Å². The number of amides is 2. The molecule has 1 rings (SSSR count). The molecule has 0 saturated heterocycles. The average Bonchev–Trinajstić information content (AvgIpc) is 2.70. The maximum absolute atomic E-state index is 11.4. The molecular weight excluding hydrogens is 228 g/mol. The zero-order valence-corrected chi connectivity index (χ0v) is 9.15. The molecule has 0 atom stereocenters. The first kappa shape index (κ1) is 12.8. The van der Waals surface area contributed by atoms with Gasteiger partial charge in [-0.3, -0.25) is 14.4 Å². The Hall–Kier alpha value is -2.31. The minimum atomic E-state index is -1.15. The van der Waals surface area contributed by atoms with E-state index in [1.807, 2.05) is 0 Å². The molecule has 7 nitrogen and oxygen atoms in total. The SMILES string of the molecule is Cc1ccc(C(=O)NCC(=O)NCC(=O)O)o1. The molecular formula is C10H12N2O5. The number of furan rings is 1. The topological polar surface area (TPSA) is 109 Å². The maximum atomic E-state index is 11.4. The number of aryl methyl sites for hydroxylation is 1. The molecule has 1 heterocycles. The number of carbonyl (C=O) groups is 3. The number of nitrogens with one attached hydrogen (secondary N) is 2. The summed E-state index contributed by atoms with van der Waals surface area (Å²) in [5.74, 6) is -1.56. The van der Waals surface area contributed by atoms with Gasteiger partial charge in [-0.05, 0) is 19.1 Å². The molecule has 2 amide bonds. The number of hydrogen-bond donors (Lipinski definition) is 3. The van der Waals surface area contributed by atoms with Gasteiger partial charge in [-0.2, -0.15) is 0 Å². The van der Waals surface area contributed by atoms with Crippen LogP contribution in [0.25, 0.3) is 0 Å². The van der Waals surface area contributed by atoms with Crippen LogP contribution in [-0.2, 0) is 9.59 Å². The van der Waals surface area contributed by atoms with Crippen molar-refractivity contribution in [3.05, 3.63) is 23.7 Å². The molecule has 3 N–H and O–H groups in total. The monoisotopic (exact) mass is 240 g/mol. The van der Waals surface area contributed by atoms with E-state index in [1.165, 1.54) is 6.07 Å². The van der Waals surface area contributed by atoms with Gasteiger partial charge >= 0.3 is 5.97 Å². The predicted molar refractivity (Wildman–Crippen MR) is 56.4 cm³/mol. The number of hydrogen-bond acceptors (Lipinski definition) is 4. The molecule has 1 aromatic rings. The van der Waals surface area contributed by atoms with Gasteiger partial charge < -0.3 is 20.2 Å². The Bertz CT molecular complexity index is 438. The van der Waals surface area contributed by atoms with Crippen LogP contribution in [-0.4, -0.2) is 36.0 Å². The molecule has 0 aliphatic carbocycles. The molecule has 0 saturated carbocycles. The lowest BCUT2D eigenvalue weighted by Gasteiger charge is -2.03. The van der Waals surface area contributed by atoms with Crippen molar-refractivity contribution in [3.63, 3.8) is 0 Å². The van der Waals surface area contributed by atoms with Crippen molar-refractivity contribution in [2.24, 2.45) is 0 Å². The van der Waals surface area contributed by atoms with Crippen molar-refractivity contribution in [3.8, 4) is 0 Å². The standard InChI is InChI=1S/C10H12N2O5/c1-6-2-3-7(17-6)10(16)12-4-8(13)11-5-9(14)15/h2-3H,4-5H2,1H3,(H,11,13)(H,12,16)(H,14,15). The van der Waals surface area contributed by atoms with Crippen LogP contribution in [0.3, 0.4) is 0 Å². The number of aliphatic carboxylic acids is 1. The van der Waals surface area contributed by atoms with Crippen LogP contribution >= 0.6 is 0 Å². The summed E-state index contributed by atoms with van der Waals surface area (Å²) in [5.41, 5.74) is 0. The minimum absolute atomic E-state index is 0.105. The fourth-order valence-electron chi connectivity index (χ4n) is 1.04. The first-order valence-electron chi connectivity index (χ1n) is 4.82. The van der Waals surface area contributed by atoms with Crippen molar-refractivity contribution in [1.82, 2.24) is 10.6 Å². The van der Waals surface area contributed by atoms with Gasteiger partial charge in [0.2, 0.25) is 5.91 Å². The fourth-order valence-corrected chi connectivity index (χ4v) is 1.04. The fraction of sp³-hybridized carbons (Fsp3) is 0.300. The molecule has 0 fully saturated rings. The van der Waals surface area contributed by atoms with Crippen molar-refractivity contribution in [2.75, 3.05) is 13.1 Å². The van der Waals surface area contributed by atoms with Crippen molar-refractivity contribution in [2.45, 2.75) is 6.92 Å². The molecule has 0 radical (unpaired) electrons. The predicted octanol–water partition coefficient (Wildman–Crippen LogP) is -0.481. The number of carbonyl (C=O) groups excluding carboxylic acids is 2. The first-order valence-corrected chi connectivity index (χ1v) is 4.82. The lowest BCUT2D eigenvalue weighted by Crippen LogP contribution is -2.38. The second kappa shape index (κ2) is 5.69. The first-order chi connectivity index (χ1) is 7.99. The Morgan fingerprint density at radius 1 is 1.24 bits per heavy atom. The Kier molecular flexibility index (Phi) is 4.27. The van der Waals surface area contributed by atoms with Crippen molar-refractivity contribution in [1.29, 1.82) is 0 Å². The summed E-state index contributed by atoms with van der Waals surface area (Å²) < 4.78 is 5.04. The van der Waals surface area contributed by atoms with Crippen LogP contribution in [0, 0.1) is 6.92 Å². The van der Waals surface area contributed by atoms with Crippen molar-refractivity contribution >= 4 is 17.8 Å². The van der Waals surface area contributed by atoms with Gasteiger partial charge in [0.25, 0.3) is 5.91 Å². The van der Waals surface area contributed by atoms with E-state index < -0.39 is 24.3 Å². The molecule has 0 aliphatic rings. The summed E-state index contributed by atoms with van der Waals surface area (Å²) in [4.78, 5) is 32.6. The van der Waals surface area contributed by atoms with Crippen LogP contribution in [0.2, 0.25) is 0 Å². The number of carboxylic acid groups (broad SMARTS) is 1. The molecule has 17 heavy (non-hydrogen) atoms.